The van der Waals surface area contributed by atoms with Gasteiger partial charge in [-0.15, -0.1) is 0 Å². The predicted molar refractivity (Wildman–Crippen MR) is 134 cm³/mol. The molecule has 6 rings (SSSR count). The van der Waals surface area contributed by atoms with Gasteiger partial charge in [-0.2, -0.15) is 10.2 Å². The normalized spacial score (nSPS) is 15.1. The summed E-state index contributed by atoms with van der Waals surface area (Å²) in [6, 6.07) is 15.8. The van der Waals surface area contributed by atoms with Crippen LogP contribution >= 0.6 is 0 Å². The van der Waals surface area contributed by atoms with E-state index < -0.39 is 0 Å². The lowest BCUT2D eigenvalue weighted by molar-refractivity contribution is 0.0726. The Balaban J connectivity index is 1.26. The van der Waals surface area contributed by atoms with Gasteiger partial charge in [-0.3, -0.25) is 19.4 Å². The van der Waals surface area contributed by atoms with Gasteiger partial charge in [0.05, 0.1) is 19.2 Å². The van der Waals surface area contributed by atoms with Gasteiger partial charge in [-0.1, -0.05) is 30.3 Å². The Kier molecular flexibility index (Phi) is 5.67. The quantitative estimate of drug-likeness (QED) is 0.419. The molecule has 0 spiro atoms. The molecule has 2 amide bonds. The third-order valence-corrected chi connectivity index (χ3v) is 6.99. The van der Waals surface area contributed by atoms with Gasteiger partial charge in [-0.25, -0.2) is 0 Å². The number of carbonyl (C=O) groups excluding carboxylic acids is 2. The number of fused-ring (bicyclic) bond motifs is 2. The zero-order chi connectivity index (χ0) is 24.6. The van der Waals surface area contributed by atoms with Crippen molar-refractivity contribution in [1.82, 2.24) is 30.2 Å². The van der Waals surface area contributed by atoms with Crippen molar-refractivity contribution in [3.8, 4) is 5.75 Å². The van der Waals surface area contributed by atoms with Crippen molar-refractivity contribution in [1.29, 1.82) is 0 Å². The number of rotatable bonds is 7. The van der Waals surface area contributed by atoms with Crippen LogP contribution in [0.5, 0.6) is 5.75 Å². The number of para-hydroxylation sites is 1. The number of amides is 2. The molecule has 36 heavy (non-hydrogen) atoms. The molecule has 0 radical (unpaired) electrons. The van der Waals surface area contributed by atoms with Crippen molar-refractivity contribution in [2.45, 2.75) is 44.8 Å². The zero-order valence-corrected chi connectivity index (χ0v) is 20.2. The summed E-state index contributed by atoms with van der Waals surface area (Å²) in [5.74, 6) is 0.526. The summed E-state index contributed by atoms with van der Waals surface area (Å²) < 4.78 is 7.20. The molecule has 0 unspecified atom stereocenters. The number of H-pyrrole nitrogens is 1. The van der Waals surface area contributed by atoms with Crippen LogP contribution in [-0.2, 0) is 25.9 Å². The molecule has 9 nitrogen and oxygen atoms in total. The maximum atomic E-state index is 13.4. The van der Waals surface area contributed by atoms with E-state index in [1.54, 1.807) is 12.0 Å². The molecule has 184 valence electrons. The first-order chi connectivity index (χ1) is 17.6. The minimum Gasteiger partial charge on any atom is -0.497 e. The molecule has 2 aromatic carbocycles. The molecule has 0 bridgehead atoms. The molecule has 0 saturated heterocycles. The molecule has 1 aliphatic carbocycles. The van der Waals surface area contributed by atoms with Crippen LogP contribution in [0.1, 0.15) is 50.6 Å². The van der Waals surface area contributed by atoms with Gasteiger partial charge in [0.1, 0.15) is 5.75 Å². The fourth-order valence-electron chi connectivity index (χ4n) is 4.82. The lowest BCUT2D eigenvalue weighted by Crippen LogP contribution is -2.37. The average molecular weight is 485 g/mol. The Labute approximate surface area is 208 Å². The summed E-state index contributed by atoms with van der Waals surface area (Å²) in [4.78, 5) is 28.3. The van der Waals surface area contributed by atoms with E-state index in [4.69, 9.17) is 9.84 Å². The van der Waals surface area contributed by atoms with Gasteiger partial charge in [0.2, 0.25) is 0 Å². The molecule has 1 fully saturated rings. The third kappa shape index (κ3) is 4.21. The number of aryl methyl sites for hydroxylation is 2. The van der Waals surface area contributed by atoms with Crippen LogP contribution < -0.4 is 10.1 Å². The molecular formula is C27H28N6O3. The van der Waals surface area contributed by atoms with Crippen LogP contribution in [0.25, 0.3) is 10.9 Å². The standard InChI is InChI=1S/C27H28N6O3/c1-36-19-10-6-17(7-11-19)12-15-33-23-13-14-32(16-21(23)24(31-33)26(34)28-18-8-9-18)27(35)25-20-4-2-3-5-22(20)29-30-25/h2-7,10-11,18H,8-9,12-16H2,1H3,(H,28,34)(H,29,30). The molecule has 1 aliphatic heterocycles. The highest BCUT2D eigenvalue weighted by Gasteiger charge is 2.33. The van der Waals surface area contributed by atoms with Crippen molar-refractivity contribution in [2.24, 2.45) is 0 Å². The van der Waals surface area contributed by atoms with E-state index in [1.807, 2.05) is 53.2 Å². The highest BCUT2D eigenvalue weighted by molar-refractivity contribution is 6.04. The first-order valence-corrected chi connectivity index (χ1v) is 12.4. The van der Waals surface area contributed by atoms with Crippen LogP contribution in [0.4, 0.5) is 0 Å². The number of methoxy groups -OCH3 is 1. The highest BCUT2D eigenvalue weighted by Crippen LogP contribution is 2.27. The number of nitrogens with zero attached hydrogens (tertiary/aromatic N) is 4. The Morgan fingerprint density at radius 1 is 1.11 bits per heavy atom. The Morgan fingerprint density at radius 2 is 1.92 bits per heavy atom. The number of hydrogen-bond acceptors (Lipinski definition) is 5. The van der Waals surface area contributed by atoms with E-state index in [1.165, 1.54) is 5.56 Å². The Hall–Kier alpha value is -4.14. The maximum Gasteiger partial charge on any atom is 0.275 e. The fraction of sp³-hybridized carbons (Fsp3) is 0.333. The van der Waals surface area contributed by atoms with Crippen molar-refractivity contribution >= 4 is 22.7 Å². The van der Waals surface area contributed by atoms with Gasteiger partial charge in [0.15, 0.2) is 11.4 Å². The zero-order valence-electron chi connectivity index (χ0n) is 20.2. The van der Waals surface area contributed by atoms with Crippen LogP contribution in [0, 0.1) is 0 Å². The lowest BCUT2D eigenvalue weighted by atomic mass is 10.0. The summed E-state index contributed by atoms with van der Waals surface area (Å²) >= 11 is 0. The van der Waals surface area contributed by atoms with E-state index in [0.717, 1.165) is 47.2 Å². The Bertz CT molecular complexity index is 1430. The highest BCUT2D eigenvalue weighted by atomic mass is 16.5. The fourth-order valence-corrected chi connectivity index (χ4v) is 4.82. The number of carbonyl (C=O) groups is 2. The molecule has 9 heteroatoms. The SMILES string of the molecule is COc1ccc(CCn2nc(C(=O)NC3CC3)c3c2CCN(C(=O)c2n[nH]c4ccccc24)C3)cc1. The number of ether oxygens (including phenoxy) is 1. The molecule has 0 atom stereocenters. The molecule has 3 heterocycles. The van der Waals surface area contributed by atoms with E-state index >= 15 is 0 Å². The minimum absolute atomic E-state index is 0.141. The summed E-state index contributed by atoms with van der Waals surface area (Å²) in [5.41, 5.74) is 4.69. The van der Waals surface area contributed by atoms with Gasteiger partial charge in [0, 0.05) is 42.2 Å². The monoisotopic (exact) mass is 484 g/mol. The largest absolute Gasteiger partial charge is 0.497 e. The number of benzene rings is 2. The summed E-state index contributed by atoms with van der Waals surface area (Å²) in [6.07, 6.45) is 3.42. The van der Waals surface area contributed by atoms with E-state index in [-0.39, 0.29) is 17.9 Å². The smallest absolute Gasteiger partial charge is 0.275 e. The first-order valence-electron chi connectivity index (χ1n) is 12.4. The maximum absolute atomic E-state index is 13.4. The third-order valence-electron chi connectivity index (χ3n) is 6.99. The number of aromatic amines is 1. The topological polar surface area (TPSA) is 105 Å². The number of hydrogen-bond donors (Lipinski definition) is 2. The van der Waals surface area contributed by atoms with E-state index in [0.29, 0.717) is 37.4 Å². The van der Waals surface area contributed by atoms with Crippen molar-refractivity contribution in [2.75, 3.05) is 13.7 Å². The second-order valence-electron chi connectivity index (χ2n) is 9.44. The number of nitrogens with one attached hydrogen (secondary N) is 2. The van der Waals surface area contributed by atoms with Crippen LogP contribution in [-0.4, -0.2) is 56.4 Å². The Morgan fingerprint density at radius 3 is 2.69 bits per heavy atom. The van der Waals surface area contributed by atoms with Crippen molar-refractivity contribution in [3.05, 3.63) is 76.7 Å². The second-order valence-corrected chi connectivity index (χ2v) is 9.44. The van der Waals surface area contributed by atoms with Crippen LogP contribution in [0.2, 0.25) is 0 Å². The summed E-state index contributed by atoms with van der Waals surface area (Å²) in [6.45, 7) is 1.54. The van der Waals surface area contributed by atoms with Gasteiger partial charge in [-0.05, 0) is 43.0 Å². The van der Waals surface area contributed by atoms with Crippen molar-refractivity contribution < 1.29 is 14.3 Å². The molecule has 2 N–H and O–H groups in total. The van der Waals surface area contributed by atoms with Crippen LogP contribution in [0.3, 0.4) is 0 Å². The average Bonchev–Trinajstić information content (AvgIpc) is 3.50. The minimum atomic E-state index is -0.156. The molecule has 1 saturated carbocycles. The second kappa shape index (κ2) is 9.14. The predicted octanol–water partition coefficient (Wildman–Crippen LogP) is 3.10. The van der Waals surface area contributed by atoms with Crippen LogP contribution in [0.15, 0.2) is 48.5 Å². The van der Waals surface area contributed by atoms with Gasteiger partial charge in [0.25, 0.3) is 11.8 Å². The van der Waals surface area contributed by atoms with E-state index in [9.17, 15) is 9.59 Å². The number of aromatic nitrogens is 4. The molecule has 2 aliphatic rings. The lowest BCUT2D eigenvalue weighted by Gasteiger charge is -2.27. The van der Waals surface area contributed by atoms with Gasteiger partial charge < -0.3 is 15.0 Å². The molecule has 4 aromatic rings. The summed E-state index contributed by atoms with van der Waals surface area (Å²) in [5, 5.41) is 15.8. The molecule has 2 aromatic heterocycles. The van der Waals surface area contributed by atoms with E-state index in [2.05, 4.69) is 15.5 Å². The molecular weight excluding hydrogens is 456 g/mol. The summed E-state index contributed by atoms with van der Waals surface area (Å²) in [7, 11) is 1.65. The first kappa shape index (κ1) is 22.3. The van der Waals surface area contributed by atoms with Gasteiger partial charge >= 0.3 is 0 Å². The van der Waals surface area contributed by atoms with Crippen molar-refractivity contribution in [3.63, 3.8) is 0 Å².